The highest BCUT2D eigenvalue weighted by atomic mass is 79.9. The summed E-state index contributed by atoms with van der Waals surface area (Å²) in [6.45, 7) is 0. The van der Waals surface area contributed by atoms with E-state index >= 15 is 0 Å². The molecule has 1 aliphatic rings. The van der Waals surface area contributed by atoms with Crippen molar-refractivity contribution in [2.75, 3.05) is 5.75 Å². The van der Waals surface area contributed by atoms with Gasteiger partial charge >= 0.3 is 5.97 Å². The molecule has 0 bridgehead atoms. The van der Waals surface area contributed by atoms with Gasteiger partial charge in [0.1, 0.15) is 0 Å². The van der Waals surface area contributed by atoms with E-state index in [0.29, 0.717) is 4.47 Å². The summed E-state index contributed by atoms with van der Waals surface area (Å²) >= 11 is 3.15. The molecule has 2 rings (SSSR count). The average molecular weight is 319 g/mol. The number of rotatable bonds is 4. The maximum Gasteiger partial charge on any atom is 0.335 e. The van der Waals surface area contributed by atoms with Crippen molar-refractivity contribution in [1.29, 1.82) is 0 Å². The molecule has 1 N–H and O–H groups in total. The molecule has 0 atom stereocenters. The van der Waals surface area contributed by atoms with Gasteiger partial charge in [0.05, 0.1) is 16.2 Å². The minimum Gasteiger partial charge on any atom is -0.478 e. The van der Waals surface area contributed by atoms with Crippen molar-refractivity contribution in [2.45, 2.75) is 17.7 Å². The fraction of sp³-hybridized carbons (Fsp3) is 0.364. The normalized spacial score (nSPS) is 15.8. The molecular formula is C11H11BrO4S. The Balaban J connectivity index is 2.42. The van der Waals surface area contributed by atoms with Crippen LogP contribution in [0, 0.1) is 5.92 Å². The SMILES string of the molecule is O=C(O)c1ccc(Br)c(S(=O)(=O)CC2CC2)c1. The minimum absolute atomic E-state index is 0.0115. The average Bonchev–Trinajstić information content (AvgIpc) is 3.00. The number of sulfone groups is 1. The van der Waals surface area contributed by atoms with Crippen molar-refractivity contribution >= 4 is 31.7 Å². The molecule has 0 unspecified atom stereocenters. The Morgan fingerprint density at radius 3 is 2.59 bits per heavy atom. The van der Waals surface area contributed by atoms with Crippen molar-refractivity contribution in [3.05, 3.63) is 28.2 Å². The summed E-state index contributed by atoms with van der Waals surface area (Å²) in [6.07, 6.45) is 1.88. The van der Waals surface area contributed by atoms with Crippen LogP contribution in [0.5, 0.6) is 0 Å². The first-order chi connectivity index (χ1) is 7.90. The smallest absolute Gasteiger partial charge is 0.335 e. The van der Waals surface area contributed by atoms with Gasteiger partial charge in [-0.15, -0.1) is 0 Å². The Morgan fingerprint density at radius 2 is 2.06 bits per heavy atom. The summed E-state index contributed by atoms with van der Waals surface area (Å²) in [6, 6.07) is 4.05. The third kappa shape index (κ3) is 2.87. The largest absolute Gasteiger partial charge is 0.478 e. The van der Waals surface area contributed by atoms with Gasteiger partial charge in [-0.05, 0) is 52.9 Å². The van der Waals surface area contributed by atoms with Gasteiger partial charge < -0.3 is 5.11 Å². The Bertz CT molecular complexity index is 561. The highest BCUT2D eigenvalue weighted by molar-refractivity contribution is 9.10. The lowest BCUT2D eigenvalue weighted by Gasteiger charge is -2.07. The van der Waals surface area contributed by atoms with E-state index in [0.717, 1.165) is 12.8 Å². The van der Waals surface area contributed by atoms with Crippen LogP contribution in [0.2, 0.25) is 0 Å². The second-order valence-electron chi connectivity index (χ2n) is 4.18. The monoisotopic (exact) mass is 318 g/mol. The quantitative estimate of drug-likeness (QED) is 0.924. The predicted molar refractivity (Wildman–Crippen MR) is 65.9 cm³/mol. The highest BCUT2D eigenvalue weighted by Crippen LogP contribution is 2.34. The van der Waals surface area contributed by atoms with Crippen LogP contribution < -0.4 is 0 Å². The lowest BCUT2D eigenvalue weighted by Crippen LogP contribution is -2.10. The summed E-state index contributed by atoms with van der Waals surface area (Å²) in [7, 11) is -3.39. The second kappa shape index (κ2) is 4.42. The molecule has 0 saturated heterocycles. The first-order valence-electron chi connectivity index (χ1n) is 5.16. The third-order valence-electron chi connectivity index (χ3n) is 2.67. The maximum absolute atomic E-state index is 12.1. The van der Waals surface area contributed by atoms with Crippen LogP contribution in [0.25, 0.3) is 0 Å². The lowest BCUT2D eigenvalue weighted by atomic mass is 10.2. The highest BCUT2D eigenvalue weighted by Gasteiger charge is 2.30. The Hall–Kier alpha value is -0.880. The zero-order valence-electron chi connectivity index (χ0n) is 8.89. The van der Waals surface area contributed by atoms with E-state index in [1.807, 2.05) is 0 Å². The van der Waals surface area contributed by atoms with Gasteiger partial charge in [-0.3, -0.25) is 0 Å². The maximum atomic E-state index is 12.1. The van der Waals surface area contributed by atoms with Crippen molar-refractivity contribution < 1.29 is 18.3 Å². The standard InChI is InChI=1S/C11H11BrO4S/c12-9-4-3-8(11(13)14)5-10(9)17(15,16)6-7-1-2-7/h3-5,7H,1-2,6H2,(H,13,14). The van der Waals surface area contributed by atoms with Crippen LogP contribution in [0.3, 0.4) is 0 Å². The van der Waals surface area contributed by atoms with E-state index in [9.17, 15) is 13.2 Å². The number of hydrogen-bond donors (Lipinski definition) is 1. The van der Waals surface area contributed by atoms with Gasteiger partial charge in [0.25, 0.3) is 0 Å². The van der Waals surface area contributed by atoms with Crippen molar-refractivity contribution in [3.8, 4) is 0 Å². The van der Waals surface area contributed by atoms with Crippen molar-refractivity contribution in [3.63, 3.8) is 0 Å². The van der Waals surface area contributed by atoms with Crippen LogP contribution in [0.4, 0.5) is 0 Å². The predicted octanol–water partition coefficient (Wildman–Crippen LogP) is 2.33. The van der Waals surface area contributed by atoms with Gasteiger partial charge in [-0.1, -0.05) is 0 Å². The number of halogens is 1. The molecule has 0 heterocycles. The molecule has 6 heteroatoms. The van der Waals surface area contributed by atoms with Gasteiger partial charge in [0.15, 0.2) is 9.84 Å². The number of carboxylic acid groups (broad SMARTS) is 1. The molecule has 92 valence electrons. The van der Waals surface area contributed by atoms with E-state index in [1.165, 1.54) is 18.2 Å². The molecule has 1 fully saturated rings. The van der Waals surface area contributed by atoms with E-state index < -0.39 is 15.8 Å². The van der Waals surface area contributed by atoms with Crippen molar-refractivity contribution in [2.24, 2.45) is 5.92 Å². The molecule has 1 aromatic rings. The summed E-state index contributed by atoms with van der Waals surface area (Å²) < 4.78 is 24.5. The molecular weight excluding hydrogens is 308 g/mol. The molecule has 0 aromatic heterocycles. The number of carboxylic acids is 1. The van der Waals surface area contributed by atoms with Crippen LogP contribution in [0.1, 0.15) is 23.2 Å². The molecule has 4 nitrogen and oxygen atoms in total. The topological polar surface area (TPSA) is 71.4 Å². The van der Waals surface area contributed by atoms with Crippen LogP contribution >= 0.6 is 15.9 Å². The van der Waals surface area contributed by atoms with Gasteiger partial charge in [0.2, 0.25) is 0 Å². The zero-order chi connectivity index (χ0) is 12.6. The molecule has 0 aliphatic heterocycles. The van der Waals surface area contributed by atoms with E-state index in [-0.39, 0.29) is 22.1 Å². The number of benzene rings is 1. The Kier molecular flexibility index (Phi) is 3.27. The molecule has 1 saturated carbocycles. The first-order valence-corrected chi connectivity index (χ1v) is 7.60. The molecule has 1 aliphatic carbocycles. The second-order valence-corrected chi connectivity index (χ2v) is 7.03. The fourth-order valence-electron chi connectivity index (χ4n) is 1.56. The summed E-state index contributed by atoms with van der Waals surface area (Å²) in [4.78, 5) is 10.9. The fourth-order valence-corrected chi connectivity index (χ4v) is 4.35. The molecule has 1 aromatic carbocycles. The van der Waals surface area contributed by atoms with E-state index in [2.05, 4.69) is 15.9 Å². The van der Waals surface area contributed by atoms with Gasteiger partial charge in [-0.2, -0.15) is 0 Å². The zero-order valence-corrected chi connectivity index (χ0v) is 11.3. The molecule has 0 spiro atoms. The van der Waals surface area contributed by atoms with Crippen LogP contribution in [0.15, 0.2) is 27.6 Å². The Labute approximate surface area is 108 Å². The number of aromatic carboxylic acids is 1. The summed E-state index contributed by atoms with van der Waals surface area (Å²) in [5.41, 5.74) is -0.0115. The third-order valence-corrected chi connectivity index (χ3v) is 5.54. The summed E-state index contributed by atoms with van der Waals surface area (Å²) in [5, 5.41) is 8.85. The minimum atomic E-state index is -3.39. The molecule has 0 amide bonds. The number of carbonyl (C=O) groups is 1. The molecule has 0 radical (unpaired) electrons. The number of hydrogen-bond acceptors (Lipinski definition) is 3. The van der Waals surface area contributed by atoms with Gasteiger partial charge in [-0.25, -0.2) is 13.2 Å². The van der Waals surface area contributed by atoms with E-state index in [4.69, 9.17) is 5.11 Å². The van der Waals surface area contributed by atoms with E-state index in [1.54, 1.807) is 0 Å². The Morgan fingerprint density at radius 1 is 1.41 bits per heavy atom. The van der Waals surface area contributed by atoms with Crippen LogP contribution in [-0.4, -0.2) is 25.2 Å². The van der Waals surface area contributed by atoms with Crippen LogP contribution in [-0.2, 0) is 9.84 Å². The first kappa shape index (κ1) is 12.6. The lowest BCUT2D eigenvalue weighted by molar-refractivity contribution is 0.0696. The van der Waals surface area contributed by atoms with Gasteiger partial charge in [0, 0.05) is 4.47 Å². The van der Waals surface area contributed by atoms with Crippen molar-refractivity contribution in [1.82, 2.24) is 0 Å². The summed E-state index contributed by atoms with van der Waals surface area (Å²) in [5.74, 6) is -0.782. The molecule has 17 heavy (non-hydrogen) atoms.